The third kappa shape index (κ3) is 8.62. The van der Waals surface area contributed by atoms with Gasteiger partial charge in [-0.1, -0.05) is 13.8 Å². The van der Waals surface area contributed by atoms with Crippen molar-refractivity contribution in [2.75, 3.05) is 17.2 Å². The summed E-state index contributed by atoms with van der Waals surface area (Å²) in [5.41, 5.74) is 1.69. The maximum Gasteiger partial charge on any atom is 0.387 e. The molecule has 0 spiro atoms. The van der Waals surface area contributed by atoms with Crippen molar-refractivity contribution in [1.29, 1.82) is 0 Å². The van der Waals surface area contributed by atoms with Gasteiger partial charge in [0.05, 0.1) is 12.1 Å². The van der Waals surface area contributed by atoms with Gasteiger partial charge in [-0.25, -0.2) is 9.97 Å². The highest BCUT2D eigenvalue weighted by Gasteiger charge is 2.14. The van der Waals surface area contributed by atoms with Crippen LogP contribution in [0.3, 0.4) is 0 Å². The minimum absolute atomic E-state index is 0.000263. The molecule has 2 heterocycles. The lowest BCUT2D eigenvalue weighted by Gasteiger charge is -2.11. The Kier molecular flexibility index (Phi) is 9.50. The number of amides is 2. The minimum Gasteiger partial charge on any atom is -0.435 e. The highest BCUT2D eigenvalue weighted by atomic mass is 32.2. The molecule has 3 N–H and O–H groups in total. The molecule has 0 bridgehead atoms. The summed E-state index contributed by atoms with van der Waals surface area (Å²) in [7, 11) is 0. The quantitative estimate of drug-likeness (QED) is 0.331. The van der Waals surface area contributed by atoms with Crippen LogP contribution in [0.15, 0.2) is 66.0 Å². The molecule has 0 saturated heterocycles. The highest BCUT2D eigenvalue weighted by Crippen LogP contribution is 2.26. The molecule has 0 saturated carbocycles. The maximum atomic E-state index is 12.8. The van der Waals surface area contributed by atoms with Gasteiger partial charge in [-0.15, -0.1) is 11.8 Å². The summed E-state index contributed by atoms with van der Waals surface area (Å²) in [6, 6.07) is 12.7. The number of ether oxygens (including phenoxy) is 1. The van der Waals surface area contributed by atoms with E-state index in [2.05, 4.69) is 30.7 Å². The first kappa shape index (κ1) is 26.0. The third-order valence-electron chi connectivity index (χ3n) is 4.49. The number of nitrogens with zero attached hydrogens (tertiary/aromatic N) is 2. The molecule has 11 heteroatoms. The molecule has 3 aromatic rings. The maximum absolute atomic E-state index is 12.8. The number of pyridine rings is 2. The SMILES string of the molecule is CC(C)NCC(=O)Nc1cc(CSc2ncccc2C(=O)Nc2ccc(OC(F)F)cc2)ccn1. The van der Waals surface area contributed by atoms with Crippen LogP contribution in [0.25, 0.3) is 0 Å². The van der Waals surface area contributed by atoms with Gasteiger partial charge >= 0.3 is 6.61 Å². The van der Waals surface area contributed by atoms with E-state index in [1.807, 2.05) is 19.9 Å². The number of hydrogen-bond donors (Lipinski definition) is 3. The van der Waals surface area contributed by atoms with Crippen LogP contribution >= 0.6 is 11.8 Å². The zero-order valence-corrected chi connectivity index (χ0v) is 19.9. The standard InChI is InChI=1S/C24H25F2N5O3S/c1-15(2)29-13-21(32)31-20-12-16(9-11-27-20)14-35-23-19(4-3-10-28-23)22(33)30-17-5-7-18(8-6-17)34-24(25)26/h3-12,15,24,29H,13-14H2,1-2H3,(H,30,33)(H,27,31,32). The van der Waals surface area contributed by atoms with Crippen molar-refractivity contribution in [3.8, 4) is 5.75 Å². The van der Waals surface area contributed by atoms with E-state index in [9.17, 15) is 18.4 Å². The smallest absolute Gasteiger partial charge is 0.387 e. The first-order chi connectivity index (χ1) is 16.8. The van der Waals surface area contributed by atoms with Gasteiger partial charge in [-0.05, 0) is 54.1 Å². The summed E-state index contributed by atoms with van der Waals surface area (Å²) in [5, 5.41) is 9.05. The van der Waals surface area contributed by atoms with E-state index in [0.29, 0.717) is 27.8 Å². The fraction of sp³-hybridized carbons (Fsp3) is 0.250. The van der Waals surface area contributed by atoms with Crippen molar-refractivity contribution >= 4 is 35.1 Å². The number of halogens is 2. The van der Waals surface area contributed by atoms with Crippen molar-refractivity contribution in [3.63, 3.8) is 0 Å². The molecule has 0 aliphatic carbocycles. The Morgan fingerprint density at radius 2 is 1.80 bits per heavy atom. The van der Waals surface area contributed by atoms with E-state index in [-0.39, 0.29) is 30.2 Å². The molecule has 1 aromatic carbocycles. The first-order valence-corrected chi connectivity index (χ1v) is 11.7. The third-order valence-corrected chi connectivity index (χ3v) is 5.57. The second-order valence-corrected chi connectivity index (χ2v) is 8.60. The Hall–Kier alpha value is -3.57. The van der Waals surface area contributed by atoms with Gasteiger partial charge in [-0.3, -0.25) is 9.59 Å². The molecular weight excluding hydrogens is 476 g/mol. The second kappa shape index (κ2) is 12.8. The Morgan fingerprint density at radius 3 is 2.51 bits per heavy atom. The lowest BCUT2D eigenvalue weighted by atomic mass is 10.2. The summed E-state index contributed by atoms with van der Waals surface area (Å²) in [6.45, 7) is 1.18. The summed E-state index contributed by atoms with van der Waals surface area (Å²) >= 11 is 1.36. The number of carbonyl (C=O) groups excluding carboxylic acids is 2. The van der Waals surface area contributed by atoms with Crippen molar-refractivity contribution in [2.24, 2.45) is 0 Å². The minimum atomic E-state index is -2.92. The van der Waals surface area contributed by atoms with Crippen LogP contribution in [0, 0.1) is 0 Å². The number of carbonyl (C=O) groups is 2. The molecule has 3 rings (SSSR count). The second-order valence-electron chi connectivity index (χ2n) is 7.63. The predicted octanol–water partition coefficient (Wildman–Crippen LogP) is 4.56. The van der Waals surface area contributed by atoms with Crippen molar-refractivity contribution in [3.05, 3.63) is 72.1 Å². The number of alkyl halides is 2. The normalized spacial score (nSPS) is 10.9. The number of thioether (sulfide) groups is 1. The molecule has 0 aliphatic rings. The monoisotopic (exact) mass is 501 g/mol. The van der Waals surface area contributed by atoms with E-state index < -0.39 is 6.61 Å². The number of benzene rings is 1. The van der Waals surface area contributed by atoms with E-state index in [1.165, 1.54) is 36.0 Å². The molecule has 0 unspecified atom stereocenters. The Balaban J connectivity index is 1.61. The van der Waals surface area contributed by atoms with Crippen molar-refractivity contribution in [2.45, 2.75) is 37.3 Å². The van der Waals surface area contributed by atoms with Crippen LogP contribution in [0.1, 0.15) is 29.8 Å². The summed E-state index contributed by atoms with van der Waals surface area (Å²) in [4.78, 5) is 33.3. The van der Waals surface area contributed by atoms with Crippen LogP contribution in [-0.2, 0) is 10.5 Å². The van der Waals surface area contributed by atoms with Crippen LogP contribution in [-0.4, -0.2) is 41.0 Å². The van der Waals surface area contributed by atoms with Gasteiger partial charge in [0.2, 0.25) is 5.91 Å². The van der Waals surface area contributed by atoms with Gasteiger partial charge in [0.25, 0.3) is 5.91 Å². The average Bonchev–Trinajstić information content (AvgIpc) is 2.83. The summed E-state index contributed by atoms with van der Waals surface area (Å²) < 4.78 is 28.9. The first-order valence-electron chi connectivity index (χ1n) is 10.7. The van der Waals surface area contributed by atoms with E-state index in [1.54, 1.807) is 30.6 Å². The number of rotatable bonds is 11. The lowest BCUT2D eigenvalue weighted by Crippen LogP contribution is -2.32. The number of hydrogen-bond acceptors (Lipinski definition) is 7. The highest BCUT2D eigenvalue weighted by molar-refractivity contribution is 7.98. The van der Waals surface area contributed by atoms with Crippen molar-refractivity contribution in [1.82, 2.24) is 15.3 Å². The average molecular weight is 502 g/mol. The molecule has 2 amide bonds. The van der Waals surface area contributed by atoms with E-state index in [0.717, 1.165) is 5.56 Å². The molecular formula is C24H25F2N5O3S. The van der Waals surface area contributed by atoms with E-state index in [4.69, 9.17) is 0 Å². The number of anilines is 2. The van der Waals surface area contributed by atoms with Crippen LogP contribution in [0.4, 0.5) is 20.3 Å². The van der Waals surface area contributed by atoms with Gasteiger partial charge in [-0.2, -0.15) is 8.78 Å². The van der Waals surface area contributed by atoms with Crippen molar-refractivity contribution < 1.29 is 23.1 Å². The predicted molar refractivity (Wildman–Crippen MR) is 131 cm³/mol. The fourth-order valence-corrected chi connectivity index (χ4v) is 3.80. The fourth-order valence-electron chi connectivity index (χ4n) is 2.86. The molecule has 0 fully saturated rings. The molecule has 0 radical (unpaired) electrons. The van der Waals surface area contributed by atoms with E-state index >= 15 is 0 Å². The summed E-state index contributed by atoms with van der Waals surface area (Å²) in [5.74, 6) is 0.362. The number of nitrogens with one attached hydrogen (secondary N) is 3. The number of aromatic nitrogens is 2. The molecule has 8 nitrogen and oxygen atoms in total. The zero-order valence-electron chi connectivity index (χ0n) is 19.1. The Labute approximate surface area is 205 Å². The Morgan fingerprint density at radius 1 is 1.03 bits per heavy atom. The molecule has 35 heavy (non-hydrogen) atoms. The topological polar surface area (TPSA) is 105 Å². The van der Waals surface area contributed by atoms with Crippen LogP contribution in [0.2, 0.25) is 0 Å². The zero-order chi connectivity index (χ0) is 25.2. The molecule has 2 aromatic heterocycles. The van der Waals surface area contributed by atoms with Gasteiger partial charge < -0.3 is 20.7 Å². The lowest BCUT2D eigenvalue weighted by molar-refractivity contribution is -0.115. The Bertz CT molecular complexity index is 1150. The molecule has 184 valence electrons. The van der Waals surface area contributed by atoms with Gasteiger partial charge in [0.15, 0.2) is 0 Å². The van der Waals surface area contributed by atoms with Crippen LogP contribution < -0.4 is 20.7 Å². The molecule has 0 aliphatic heterocycles. The largest absolute Gasteiger partial charge is 0.435 e. The molecule has 0 atom stereocenters. The van der Waals surface area contributed by atoms with Gasteiger partial charge in [0, 0.05) is 29.9 Å². The summed E-state index contributed by atoms with van der Waals surface area (Å²) in [6.07, 6.45) is 3.20. The van der Waals surface area contributed by atoms with Crippen LogP contribution in [0.5, 0.6) is 5.75 Å². The van der Waals surface area contributed by atoms with Gasteiger partial charge in [0.1, 0.15) is 16.6 Å².